The van der Waals surface area contributed by atoms with E-state index in [1.54, 1.807) is 19.1 Å². The fraction of sp³-hybridized carbons (Fsp3) is 0.150. The van der Waals surface area contributed by atoms with E-state index in [1.807, 2.05) is 24.3 Å². The molecule has 0 N–H and O–H groups in total. The van der Waals surface area contributed by atoms with Crippen molar-refractivity contribution in [3.05, 3.63) is 71.8 Å². The van der Waals surface area contributed by atoms with Crippen molar-refractivity contribution in [3.63, 3.8) is 0 Å². The Kier molecular flexibility index (Phi) is 4.49. The van der Waals surface area contributed by atoms with E-state index < -0.39 is 17.7 Å². The quantitative estimate of drug-likeness (QED) is 0.570. The van der Waals surface area contributed by atoms with Crippen LogP contribution < -0.4 is 0 Å². The minimum absolute atomic E-state index is 0.294. The number of carbonyl (C=O) groups excluding carboxylic acids is 1. The normalized spacial score (nSPS) is 11.5. The van der Waals surface area contributed by atoms with Crippen LogP contribution in [0.3, 0.4) is 0 Å². The highest BCUT2D eigenvalue weighted by Gasteiger charge is 2.29. The molecule has 0 bridgehead atoms. The lowest BCUT2D eigenvalue weighted by Crippen LogP contribution is -2.04. The van der Waals surface area contributed by atoms with E-state index in [9.17, 15) is 18.0 Å². The smallest absolute Gasteiger partial charge is 0.416 e. The van der Waals surface area contributed by atoms with Gasteiger partial charge >= 0.3 is 12.1 Å². The zero-order valence-corrected chi connectivity index (χ0v) is 13.4. The number of ether oxygens (including phenoxy) is 1. The molecule has 0 aliphatic rings. The molecule has 3 aromatic carbocycles. The Hall–Kier alpha value is -2.82. The molecule has 0 radical (unpaired) electrons. The van der Waals surface area contributed by atoms with Crippen molar-refractivity contribution in [2.24, 2.45) is 0 Å². The first-order valence-electron chi connectivity index (χ1n) is 7.77. The number of halogens is 3. The monoisotopic (exact) mass is 344 g/mol. The fourth-order valence-corrected chi connectivity index (χ4v) is 2.62. The lowest BCUT2D eigenvalue weighted by Gasteiger charge is -2.09. The van der Waals surface area contributed by atoms with Gasteiger partial charge in [0.25, 0.3) is 0 Å². The summed E-state index contributed by atoms with van der Waals surface area (Å²) in [5.74, 6) is -0.399. The van der Waals surface area contributed by atoms with Crippen molar-refractivity contribution in [2.75, 3.05) is 6.61 Å². The second-order valence-corrected chi connectivity index (χ2v) is 5.57. The van der Waals surface area contributed by atoms with Crippen LogP contribution in [0.2, 0.25) is 0 Å². The molecule has 0 unspecified atom stereocenters. The molecule has 0 heterocycles. The maximum Gasteiger partial charge on any atom is 0.416 e. The van der Waals surface area contributed by atoms with E-state index in [4.69, 9.17) is 4.74 Å². The number of fused-ring (bicyclic) bond motifs is 1. The molecule has 3 aromatic rings. The van der Waals surface area contributed by atoms with Crippen LogP contribution in [0.25, 0.3) is 21.9 Å². The Morgan fingerprint density at radius 3 is 2.16 bits per heavy atom. The van der Waals surface area contributed by atoms with E-state index in [0.29, 0.717) is 17.7 Å². The molecule has 0 aliphatic heterocycles. The summed E-state index contributed by atoms with van der Waals surface area (Å²) in [5, 5.41) is 1.76. The highest BCUT2D eigenvalue weighted by atomic mass is 19.4. The Labute approximate surface area is 142 Å². The highest BCUT2D eigenvalue weighted by molar-refractivity contribution is 5.96. The first-order chi connectivity index (χ1) is 11.9. The summed E-state index contributed by atoms with van der Waals surface area (Å²) in [5.41, 5.74) is 1.22. The third-order valence-electron chi connectivity index (χ3n) is 3.90. The minimum atomic E-state index is -4.35. The third-order valence-corrected chi connectivity index (χ3v) is 3.90. The van der Waals surface area contributed by atoms with Crippen LogP contribution in [0.4, 0.5) is 13.2 Å². The van der Waals surface area contributed by atoms with Gasteiger partial charge in [-0.1, -0.05) is 30.3 Å². The standard InChI is InChI=1S/C20H15F3O2/c1-2-25-19(24)16-6-4-14-3-5-15(11-17(14)12-16)13-7-9-18(10-8-13)20(21,22)23/h3-12H,2H2,1H3. The second kappa shape index (κ2) is 6.59. The molecule has 0 fully saturated rings. The van der Waals surface area contributed by atoms with Gasteiger partial charge in [-0.05, 0) is 59.2 Å². The SMILES string of the molecule is CCOC(=O)c1ccc2ccc(-c3ccc(C(F)(F)F)cc3)cc2c1. The van der Waals surface area contributed by atoms with Gasteiger partial charge in [0.05, 0.1) is 17.7 Å². The van der Waals surface area contributed by atoms with E-state index in [2.05, 4.69) is 0 Å². The fourth-order valence-electron chi connectivity index (χ4n) is 2.62. The largest absolute Gasteiger partial charge is 0.462 e. The van der Waals surface area contributed by atoms with Crippen LogP contribution in [0.15, 0.2) is 60.7 Å². The molecule has 25 heavy (non-hydrogen) atoms. The highest BCUT2D eigenvalue weighted by Crippen LogP contribution is 2.32. The molecule has 3 rings (SSSR count). The number of hydrogen-bond acceptors (Lipinski definition) is 2. The van der Waals surface area contributed by atoms with Gasteiger partial charge in [0.15, 0.2) is 0 Å². The van der Waals surface area contributed by atoms with Gasteiger partial charge in [-0.25, -0.2) is 4.79 Å². The Bertz CT molecular complexity index is 912. The molecule has 0 saturated heterocycles. The van der Waals surface area contributed by atoms with Crippen LogP contribution in [0.5, 0.6) is 0 Å². The molecule has 0 spiro atoms. The number of rotatable bonds is 3. The van der Waals surface area contributed by atoms with E-state index in [-0.39, 0.29) is 0 Å². The van der Waals surface area contributed by atoms with Crippen LogP contribution in [-0.2, 0) is 10.9 Å². The van der Waals surface area contributed by atoms with Gasteiger partial charge in [-0.15, -0.1) is 0 Å². The lowest BCUT2D eigenvalue weighted by molar-refractivity contribution is -0.137. The van der Waals surface area contributed by atoms with Crippen LogP contribution in [0.1, 0.15) is 22.8 Å². The van der Waals surface area contributed by atoms with Crippen molar-refractivity contribution in [1.29, 1.82) is 0 Å². The Morgan fingerprint density at radius 1 is 0.880 bits per heavy atom. The molecule has 0 aromatic heterocycles. The topological polar surface area (TPSA) is 26.3 Å². The average molecular weight is 344 g/mol. The zero-order valence-electron chi connectivity index (χ0n) is 13.4. The summed E-state index contributed by atoms with van der Waals surface area (Å²) in [6.07, 6.45) is -4.35. The summed E-state index contributed by atoms with van der Waals surface area (Å²) < 4.78 is 43.0. The number of hydrogen-bond donors (Lipinski definition) is 0. The molecule has 0 atom stereocenters. The van der Waals surface area contributed by atoms with Gasteiger partial charge in [0.1, 0.15) is 0 Å². The van der Waals surface area contributed by atoms with Crippen molar-refractivity contribution in [1.82, 2.24) is 0 Å². The lowest BCUT2D eigenvalue weighted by atomic mass is 9.99. The second-order valence-electron chi connectivity index (χ2n) is 5.57. The summed E-state index contributed by atoms with van der Waals surface area (Å²) in [4.78, 5) is 11.8. The van der Waals surface area contributed by atoms with E-state index >= 15 is 0 Å². The molecular weight excluding hydrogens is 329 g/mol. The van der Waals surface area contributed by atoms with Gasteiger partial charge in [-0.2, -0.15) is 13.2 Å². The first kappa shape index (κ1) is 17.0. The van der Waals surface area contributed by atoms with Gasteiger partial charge < -0.3 is 4.74 Å². The van der Waals surface area contributed by atoms with Crippen molar-refractivity contribution < 1.29 is 22.7 Å². The average Bonchev–Trinajstić information content (AvgIpc) is 2.60. The maximum absolute atomic E-state index is 12.7. The molecule has 0 amide bonds. The number of benzene rings is 3. The van der Waals surface area contributed by atoms with Gasteiger partial charge in [0.2, 0.25) is 0 Å². The van der Waals surface area contributed by atoms with Crippen molar-refractivity contribution in [2.45, 2.75) is 13.1 Å². The minimum Gasteiger partial charge on any atom is -0.462 e. The summed E-state index contributed by atoms with van der Waals surface area (Å²) in [6.45, 7) is 2.03. The van der Waals surface area contributed by atoms with Gasteiger partial charge in [-0.3, -0.25) is 0 Å². The molecule has 0 aliphatic carbocycles. The van der Waals surface area contributed by atoms with Gasteiger partial charge in [0, 0.05) is 0 Å². The number of alkyl halides is 3. The first-order valence-corrected chi connectivity index (χ1v) is 7.77. The molecule has 0 saturated carbocycles. The molecule has 128 valence electrons. The molecule has 5 heteroatoms. The van der Waals surface area contributed by atoms with Crippen LogP contribution in [-0.4, -0.2) is 12.6 Å². The Balaban J connectivity index is 1.98. The summed E-state index contributed by atoms with van der Waals surface area (Å²) in [7, 11) is 0. The molecule has 2 nitrogen and oxygen atoms in total. The van der Waals surface area contributed by atoms with Crippen molar-refractivity contribution >= 4 is 16.7 Å². The summed E-state index contributed by atoms with van der Waals surface area (Å²) in [6, 6.07) is 15.8. The maximum atomic E-state index is 12.7. The molecular formula is C20H15F3O2. The van der Waals surface area contributed by atoms with Crippen LogP contribution in [0, 0.1) is 0 Å². The third kappa shape index (κ3) is 3.65. The zero-order chi connectivity index (χ0) is 18.0. The predicted molar refractivity (Wildman–Crippen MR) is 90.3 cm³/mol. The number of carbonyl (C=O) groups is 1. The Morgan fingerprint density at radius 2 is 1.52 bits per heavy atom. The van der Waals surface area contributed by atoms with Crippen LogP contribution >= 0.6 is 0 Å². The predicted octanol–water partition coefficient (Wildman–Crippen LogP) is 5.70. The van der Waals surface area contributed by atoms with E-state index in [1.165, 1.54) is 12.1 Å². The summed E-state index contributed by atoms with van der Waals surface area (Å²) >= 11 is 0. The van der Waals surface area contributed by atoms with E-state index in [0.717, 1.165) is 28.5 Å². The van der Waals surface area contributed by atoms with Crippen molar-refractivity contribution in [3.8, 4) is 11.1 Å². The number of esters is 1.